The van der Waals surface area contributed by atoms with Gasteiger partial charge in [0, 0.05) is 6.42 Å². The monoisotopic (exact) mass is 893 g/mol. The average Bonchev–Trinajstić information content (AvgIpc) is 3.23. The Morgan fingerprint density at radius 1 is 0.548 bits per heavy atom. The summed E-state index contributed by atoms with van der Waals surface area (Å²) >= 11 is 0. The fraction of sp³-hybridized carbons (Fsp3) is 0.830. The minimum atomic E-state index is -4.61. The highest BCUT2D eigenvalue weighted by molar-refractivity contribution is 7.45. The van der Waals surface area contributed by atoms with Crippen molar-refractivity contribution in [3.8, 4) is 0 Å². The van der Waals surface area contributed by atoms with Crippen LogP contribution in [-0.2, 0) is 18.4 Å². The molecule has 0 aromatic carbocycles. The van der Waals surface area contributed by atoms with Crippen LogP contribution in [0.15, 0.2) is 48.6 Å². The van der Waals surface area contributed by atoms with E-state index >= 15 is 0 Å². The highest BCUT2D eigenvalue weighted by Gasteiger charge is 2.23. The van der Waals surface area contributed by atoms with Crippen molar-refractivity contribution in [3.05, 3.63) is 48.6 Å². The van der Waals surface area contributed by atoms with E-state index in [2.05, 4.69) is 55.6 Å². The van der Waals surface area contributed by atoms with Crippen molar-refractivity contribution >= 4 is 13.7 Å². The van der Waals surface area contributed by atoms with Gasteiger partial charge in [0.25, 0.3) is 7.82 Å². The summed E-state index contributed by atoms with van der Waals surface area (Å²) in [6.07, 6.45) is 57.4. The summed E-state index contributed by atoms with van der Waals surface area (Å²) in [5.74, 6) is -0.213. The molecular weight excluding hydrogens is 792 g/mol. The number of quaternary nitrogens is 1. The molecule has 0 aromatic heterocycles. The Morgan fingerprint density at radius 3 is 1.31 bits per heavy atom. The number of carbonyl (C=O) groups is 1. The van der Waals surface area contributed by atoms with Crippen LogP contribution >= 0.6 is 7.82 Å². The molecule has 3 unspecified atom stereocenters. The zero-order chi connectivity index (χ0) is 45.7. The van der Waals surface area contributed by atoms with Crippen LogP contribution in [0, 0.1) is 0 Å². The predicted octanol–water partition coefficient (Wildman–Crippen LogP) is 14.6. The number of amides is 1. The first kappa shape index (κ1) is 60.5. The predicted molar refractivity (Wildman–Crippen MR) is 265 cm³/mol. The van der Waals surface area contributed by atoms with E-state index in [1.165, 1.54) is 167 Å². The van der Waals surface area contributed by atoms with Crippen molar-refractivity contribution in [2.75, 3.05) is 40.9 Å². The Morgan fingerprint density at radius 2 is 0.903 bits per heavy atom. The van der Waals surface area contributed by atoms with Gasteiger partial charge in [0.15, 0.2) is 0 Å². The first-order valence-electron chi connectivity index (χ1n) is 26.0. The number of unbranched alkanes of at least 4 members (excludes halogenated alkanes) is 28. The molecule has 0 heterocycles. The maximum absolute atomic E-state index is 12.9. The average molecular weight is 893 g/mol. The molecule has 0 rings (SSSR count). The molecule has 1 amide bonds. The molecule has 0 aliphatic heterocycles. The highest BCUT2D eigenvalue weighted by atomic mass is 31.2. The zero-order valence-corrected chi connectivity index (χ0v) is 42.2. The van der Waals surface area contributed by atoms with Crippen LogP contribution in [0.2, 0.25) is 0 Å². The summed E-state index contributed by atoms with van der Waals surface area (Å²) in [4.78, 5) is 25.4. The Kier molecular flexibility index (Phi) is 43.5. The summed E-state index contributed by atoms with van der Waals surface area (Å²) in [5.41, 5.74) is 0. The molecule has 0 aliphatic carbocycles. The third-order valence-electron chi connectivity index (χ3n) is 11.5. The van der Waals surface area contributed by atoms with E-state index in [4.69, 9.17) is 9.05 Å². The van der Waals surface area contributed by atoms with Crippen LogP contribution in [0.3, 0.4) is 0 Å². The van der Waals surface area contributed by atoms with Crippen molar-refractivity contribution in [2.45, 2.75) is 244 Å². The topological polar surface area (TPSA) is 108 Å². The van der Waals surface area contributed by atoms with Gasteiger partial charge in [-0.3, -0.25) is 9.36 Å². The minimum Gasteiger partial charge on any atom is -0.756 e. The molecule has 9 heteroatoms. The minimum absolute atomic E-state index is 0.00992. The van der Waals surface area contributed by atoms with Crippen molar-refractivity contribution in [1.82, 2.24) is 5.32 Å². The first-order chi connectivity index (χ1) is 30.0. The third kappa shape index (κ3) is 46.5. The van der Waals surface area contributed by atoms with E-state index < -0.39 is 26.6 Å². The van der Waals surface area contributed by atoms with Gasteiger partial charge >= 0.3 is 0 Å². The van der Waals surface area contributed by atoms with Crippen LogP contribution in [-0.4, -0.2) is 68.5 Å². The Labute approximate surface area is 384 Å². The molecular formula is C53H101N2O6P. The van der Waals surface area contributed by atoms with E-state index in [0.717, 1.165) is 44.9 Å². The van der Waals surface area contributed by atoms with Crippen molar-refractivity contribution in [1.29, 1.82) is 0 Å². The van der Waals surface area contributed by atoms with Crippen LogP contribution in [0.1, 0.15) is 232 Å². The van der Waals surface area contributed by atoms with Crippen LogP contribution in [0.25, 0.3) is 0 Å². The second-order valence-electron chi connectivity index (χ2n) is 18.9. The lowest BCUT2D eigenvalue weighted by atomic mass is 10.0. The van der Waals surface area contributed by atoms with Crippen molar-refractivity contribution < 1.29 is 32.9 Å². The number of likely N-dealkylation sites (N-methyl/N-ethyl adjacent to an activating group) is 1. The lowest BCUT2D eigenvalue weighted by Crippen LogP contribution is -2.45. The molecule has 0 aromatic rings. The lowest BCUT2D eigenvalue weighted by molar-refractivity contribution is -0.870. The van der Waals surface area contributed by atoms with Crippen LogP contribution < -0.4 is 10.2 Å². The number of aliphatic hydroxyl groups is 1. The van der Waals surface area contributed by atoms with Crippen molar-refractivity contribution in [2.24, 2.45) is 0 Å². The zero-order valence-electron chi connectivity index (χ0n) is 41.3. The van der Waals surface area contributed by atoms with Gasteiger partial charge in [-0.25, -0.2) is 0 Å². The molecule has 0 aliphatic rings. The number of nitrogens with zero attached hydrogens (tertiary/aromatic N) is 1. The molecule has 0 bridgehead atoms. The number of phosphoric ester groups is 1. The van der Waals surface area contributed by atoms with Crippen molar-refractivity contribution in [3.63, 3.8) is 0 Å². The van der Waals surface area contributed by atoms with Crippen LogP contribution in [0.5, 0.6) is 0 Å². The van der Waals surface area contributed by atoms with Gasteiger partial charge in [-0.15, -0.1) is 0 Å². The van der Waals surface area contributed by atoms with Gasteiger partial charge in [-0.2, -0.15) is 0 Å². The summed E-state index contributed by atoms with van der Waals surface area (Å²) in [5, 5.41) is 13.8. The number of phosphoric acid groups is 1. The second-order valence-corrected chi connectivity index (χ2v) is 20.3. The molecule has 8 nitrogen and oxygen atoms in total. The molecule has 0 saturated heterocycles. The molecule has 2 N–H and O–H groups in total. The highest BCUT2D eigenvalue weighted by Crippen LogP contribution is 2.38. The SMILES string of the molecule is CCCCCCCC/C=C\CCCCCCCCCCCC(=O)NC(COP(=O)([O-])OCC[N+](C)(C)C)C(O)/C=C/CC/C=C/CC/C=C/CCCCCCCCCCCCC. The second kappa shape index (κ2) is 44.7. The van der Waals surface area contributed by atoms with Crippen LogP contribution in [0.4, 0.5) is 0 Å². The number of hydrogen-bond donors (Lipinski definition) is 2. The van der Waals surface area contributed by atoms with E-state index in [0.29, 0.717) is 17.4 Å². The summed E-state index contributed by atoms with van der Waals surface area (Å²) < 4.78 is 23.3. The van der Waals surface area contributed by atoms with E-state index in [9.17, 15) is 19.4 Å². The van der Waals surface area contributed by atoms with Gasteiger partial charge in [0.2, 0.25) is 5.91 Å². The number of aliphatic hydroxyl groups excluding tert-OH is 1. The molecule has 62 heavy (non-hydrogen) atoms. The maximum atomic E-state index is 12.9. The number of carbonyl (C=O) groups excluding carboxylic acids is 1. The Hall–Kier alpha value is -1.54. The lowest BCUT2D eigenvalue weighted by Gasteiger charge is -2.29. The first-order valence-corrected chi connectivity index (χ1v) is 27.5. The van der Waals surface area contributed by atoms with Gasteiger partial charge in [-0.1, -0.05) is 204 Å². The Balaban J connectivity index is 4.39. The molecule has 0 radical (unpaired) electrons. The largest absolute Gasteiger partial charge is 0.756 e. The Bertz CT molecular complexity index is 1150. The summed E-state index contributed by atoms with van der Waals surface area (Å²) in [7, 11) is 1.23. The molecule has 0 saturated carbocycles. The fourth-order valence-corrected chi connectivity index (χ4v) is 8.08. The third-order valence-corrected chi connectivity index (χ3v) is 12.5. The quantitative estimate of drug-likeness (QED) is 0.0273. The van der Waals surface area contributed by atoms with Gasteiger partial charge in [0.1, 0.15) is 13.2 Å². The van der Waals surface area contributed by atoms with Gasteiger partial charge < -0.3 is 28.8 Å². The van der Waals surface area contributed by atoms with Gasteiger partial charge in [-0.05, 0) is 70.6 Å². The molecule has 364 valence electrons. The number of hydrogen-bond acceptors (Lipinski definition) is 6. The molecule has 0 fully saturated rings. The van der Waals surface area contributed by atoms with E-state index in [1.54, 1.807) is 6.08 Å². The number of allylic oxidation sites excluding steroid dienone is 7. The smallest absolute Gasteiger partial charge is 0.268 e. The summed E-state index contributed by atoms with van der Waals surface area (Å²) in [6.45, 7) is 4.62. The fourth-order valence-electron chi connectivity index (χ4n) is 7.36. The standard InChI is InChI=1S/C53H101N2O6P/c1-6-8-10-12-14-16-18-20-22-24-26-27-29-30-32-34-36-38-40-42-44-46-52(56)51(50-61-62(58,59)60-49-48-55(3,4)5)54-53(57)47-45-43-41-39-37-35-33-31-28-25-23-21-19-17-15-13-11-9-7-2/h21,23,29-30,36,38,44,46,51-52,56H,6-20,22,24-28,31-35,37,39-43,45,47-50H2,1-5H3,(H-,54,57,58,59)/b23-21-,30-29+,38-36+,46-44+. The van der Waals surface area contributed by atoms with E-state index in [-0.39, 0.29) is 12.5 Å². The normalized spacial score (nSPS) is 14.5. The number of rotatable bonds is 47. The van der Waals surface area contributed by atoms with E-state index in [1.807, 2.05) is 27.2 Å². The molecule has 3 atom stereocenters. The maximum Gasteiger partial charge on any atom is 0.268 e. The molecule has 0 spiro atoms. The number of nitrogens with one attached hydrogen (secondary N) is 1. The summed E-state index contributed by atoms with van der Waals surface area (Å²) in [6, 6.07) is -0.911. The van der Waals surface area contributed by atoms with Gasteiger partial charge in [0.05, 0.1) is 39.9 Å².